The number of hydrogen-bond acceptors (Lipinski definition) is 2. The predicted molar refractivity (Wildman–Crippen MR) is 68.9 cm³/mol. The Labute approximate surface area is 112 Å². The molecule has 0 bridgehead atoms. The number of rotatable bonds is 6. The summed E-state index contributed by atoms with van der Waals surface area (Å²) in [6.45, 7) is 1.97. The topological polar surface area (TPSA) is 21.3 Å². The van der Waals surface area contributed by atoms with Gasteiger partial charge in [0.05, 0.1) is 11.7 Å². The number of hydrogen-bond donors (Lipinski definition) is 1. The summed E-state index contributed by atoms with van der Waals surface area (Å²) in [6, 6.07) is 5.35. The van der Waals surface area contributed by atoms with E-state index in [-0.39, 0.29) is 12.1 Å². The van der Waals surface area contributed by atoms with Crippen molar-refractivity contribution in [3.63, 3.8) is 0 Å². The smallest absolute Gasteiger partial charge is 0.382 e. The van der Waals surface area contributed by atoms with Gasteiger partial charge in [-0.3, -0.25) is 0 Å². The second-order valence-electron chi connectivity index (χ2n) is 4.58. The van der Waals surface area contributed by atoms with Crippen LogP contribution in [0, 0.1) is 0 Å². The zero-order valence-corrected chi connectivity index (χ0v) is 11.4. The second kappa shape index (κ2) is 6.91. The molecule has 0 spiro atoms. The minimum atomic E-state index is -4.28. The van der Waals surface area contributed by atoms with Gasteiger partial charge in [0.1, 0.15) is 0 Å². The van der Waals surface area contributed by atoms with Crippen LogP contribution in [0.5, 0.6) is 0 Å². The van der Waals surface area contributed by atoms with Crippen molar-refractivity contribution in [3.05, 3.63) is 35.4 Å². The SMILES string of the molecule is CNC(CCC(C)OC)c1ccc(C(F)(F)F)cc1. The zero-order valence-electron chi connectivity index (χ0n) is 11.4. The van der Waals surface area contributed by atoms with Crippen molar-refractivity contribution in [2.75, 3.05) is 14.2 Å². The fourth-order valence-corrected chi connectivity index (χ4v) is 1.90. The Bertz CT molecular complexity index is 375. The molecule has 1 aromatic rings. The number of halogens is 3. The van der Waals surface area contributed by atoms with E-state index >= 15 is 0 Å². The van der Waals surface area contributed by atoms with Crippen molar-refractivity contribution >= 4 is 0 Å². The number of alkyl halides is 3. The highest BCUT2D eigenvalue weighted by Gasteiger charge is 2.30. The summed E-state index contributed by atoms with van der Waals surface area (Å²) in [7, 11) is 3.46. The van der Waals surface area contributed by atoms with E-state index in [2.05, 4.69) is 5.32 Å². The molecule has 0 aliphatic carbocycles. The third-order valence-electron chi connectivity index (χ3n) is 3.25. The van der Waals surface area contributed by atoms with Gasteiger partial charge in [0.15, 0.2) is 0 Å². The summed E-state index contributed by atoms with van der Waals surface area (Å²) in [4.78, 5) is 0. The quantitative estimate of drug-likeness (QED) is 0.853. The lowest BCUT2D eigenvalue weighted by atomic mass is 9.99. The van der Waals surface area contributed by atoms with Crippen LogP contribution in [0.15, 0.2) is 24.3 Å². The van der Waals surface area contributed by atoms with Crippen LogP contribution in [-0.2, 0) is 10.9 Å². The van der Waals surface area contributed by atoms with Crippen molar-refractivity contribution in [1.29, 1.82) is 0 Å². The van der Waals surface area contributed by atoms with Crippen molar-refractivity contribution in [1.82, 2.24) is 5.32 Å². The number of nitrogens with one attached hydrogen (secondary N) is 1. The molecule has 2 atom stereocenters. The van der Waals surface area contributed by atoms with E-state index < -0.39 is 11.7 Å². The lowest BCUT2D eigenvalue weighted by Gasteiger charge is -2.19. The zero-order chi connectivity index (χ0) is 14.5. The van der Waals surface area contributed by atoms with Crippen LogP contribution in [0.25, 0.3) is 0 Å². The summed E-state index contributed by atoms with van der Waals surface area (Å²) in [5, 5.41) is 3.12. The minimum Gasteiger partial charge on any atom is -0.382 e. The van der Waals surface area contributed by atoms with Crippen LogP contribution in [0.2, 0.25) is 0 Å². The molecule has 2 nitrogen and oxygen atoms in total. The molecular formula is C14H20F3NO. The van der Waals surface area contributed by atoms with E-state index in [1.54, 1.807) is 14.2 Å². The molecule has 5 heteroatoms. The number of ether oxygens (including phenoxy) is 1. The van der Waals surface area contributed by atoms with Gasteiger partial charge >= 0.3 is 6.18 Å². The molecule has 1 N–H and O–H groups in total. The minimum absolute atomic E-state index is 0.0416. The molecule has 0 aliphatic rings. The average Bonchev–Trinajstić information content (AvgIpc) is 2.38. The van der Waals surface area contributed by atoms with E-state index in [0.717, 1.165) is 30.5 Å². The molecule has 0 aliphatic heterocycles. The normalized spacial score (nSPS) is 15.3. The fraction of sp³-hybridized carbons (Fsp3) is 0.571. The maximum absolute atomic E-state index is 12.5. The van der Waals surface area contributed by atoms with Gasteiger partial charge in [-0.1, -0.05) is 12.1 Å². The standard InChI is InChI=1S/C14H20F3NO/c1-10(19-3)4-9-13(18-2)11-5-7-12(8-6-11)14(15,16)17/h5-8,10,13,18H,4,9H2,1-3H3. The van der Waals surface area contributed by atoms with Crippen molar-refractivity contribution in [2.24, 2.45) is 0 Å². The summed E-state index contributed by atoms with van der Waals surface area (Å²) in [5.74, 6) is 0. The van der Waals surface area contributed by atoms with Gasteiger partial charge in [-0.15, -0.1) is 0 Å². The third-order valence-corrected chi connectivity index (χ3v) is 3.25. The molecule has 0 heterocycles. The van der Waals surface area contributed by atoms with Gasteiger partial charge in [0, 0.05) is 13.2 Å². The lowest BCUT2D eigenvalue weighted by molar-refractivity contribution is -0.137. The Morgan fingerprint density at radius 2 is 1.74 bits per heavy atom. The highest BCUT2D eigenvalue weighted by molar-refractivity contribution is 5.26. The fourth-order valence-electron chi connectivity index (χ4n) is 1.90. The first-order chi connectivity index (χ1) is 8.88. The monoisotopic (exact) mass is 275 g/mol. The first-order valence-electron chi connectivity index (χ1n) is 6.25. The molecule has 19 heavy (non-hydrogen) atoms. The van der Waals surface area contributed by atoms with Crippen LogP contribution in [0.3, 0.4) is 0 Å². The predicted octanol–water partition coefficient (Wildman–Crippen LogP) is 3.78. The Balaban J connectivity index is 2.71. The largest absolute Gasteiger partial charge is 0.416 e. The molecule has 0 fully saturated rings. The van der Waals surface area contributed by atoms with Crippen LogP contribution >= 0.6 is 0 Å². The van der Waals surface area contributed by atoms with Crippen LogP contribution in [0.4, 0.5) is 13.2 Å². The molecule has 0 saturated heterocycles. The Morgan fingerprint density at radius 3 is 2.16 bits per heavy atom. The van der Waals surface area contributed by atoms with Gasteiger partial charge < -0.3 is 10.1 Å². The Kier molecular flexibility index (Phi) is 5.82. The van der Waals surface area contributed by atoms with E-state index in [9.17, 15) is 13.2 Å². The summed E-state index contributed by atoms with van der Waals surface area (Å²) < 4.78 is 42.6. The van der Waals surface area contributed by atoms with Crippen LogP contribution in [0.1, 0.15) is 36.9 Å². The molecule has 2 unspecified atom stereocenters. The average molecular weight is 275 g/mol. The first kappa shape index (κ1) is 16.0. The molecule has 1 aromatic carbocycles. The van der Waals surface area contributed by atoms with Gasteiger partial charge in [-0.05, 0) is 44.5 Å². The van der Waals surface area contributed by atoms with Crippen molar-refractivity contribution < 1.29 is 17.9 Å². The maximum atomic E-state index is 12.5. The molecule has 0 amide bonds. The third kappa shape index (κ3) is 4.84. The van der Waals surface area contributed by atoms with Crippen molar-refractivity contribution in [3.8, 4) is 0 Å². The van der Waals surface area contributed by atoms with E-state index in [0.29, 0.717) is 0 Å². The highest BCUT2D eigenvalue weighted by Crippen LogP contribution is 2.30. The van der Waals surface area contributed by atoms with Crippen LogP contribution in [-0.4, -0.2) is 20.3 Å². The summed E-state index contributed by atoms with van der Waals surface area (Å²) in [5.41, 5.74) is 0.246. The van der Waals surface area contributed by atoms with E-state index in [1.165, 1.54) is 12.1 Å². The molecule has 0 radical (unpaired) electrons. The molecule has 108 valence electrons. The van der Waals surface area contributed by atoms with Gasteiger partial charge in [-0.2, -0.15) is 13.2 Å². The van der Waals surface area contributed by atoms with Gasteiger partial charge in [0.25, 0.3) is 0 Å². The number of methoxy groups -OCH3 is 1. The molecule has 0 saturated carbocycles. The first-order valence-corrected chi connectivity index (χ1v) is 6.25. The Hall–Kier alpha value is -1.07. The second-order valence-corrected chi connectivity index (χ2v) is 4.58. The van der Waals surface area contributed by atoms with Gasteiger partial charge in [-0.25, -0.2) is 0 Å². The summed E-state index contributed by atoms with van der Waals surface area (Å²) >= 11 is 0. The van der Waals surface area contributed by atoms with E-state index in [1.807, 2.05) is 6.92 Å². The maximum Gasteiger partial charge on any atom is 0.416 e. The highest BCUT2D eigenvalue weighted by atomic mass is 19.4. The van der Waals surface area contributed by atoms with Gasteiger partial charge in [0.2, 0.25) is 0 Å². The molecule has 1 rings (SSSR count). The Morgan fingerprint density at radius 1 is 1.16 bits per heavy atom. The number of benzene rings is 1. The molecular weight excluding hydrogens is 255 g/mol. The van der Waals surface area contributed by atoms with Crippen molar-refractivity contribution in [2.45, 2.75) is 38.1 Å². The lowest BCUT2D eigenvalue weighted by Crippen LogP contribution is -2.19. The summed E-state index contributed by atoms with van der Waals surface area (Å²) in [6.07, 6.45) is -2.47. The molecule has 0 aromatic heterocycles. The van der Waals surface area contributed by atoms with Crippen LogP contribution < -0.4 is 5.32 Å². The van der Waals surface area contributed by atoms with E-state index in [4.69, 9.17) is 4.74 Å².